The highest BCUT2D eigenvalue weighted by molar-refractivity contribution is 6.30. The molecule has 5 rings (SSSR count). The van der Waals surface area contributed by atoms with Crippen LogP contribution in [0.15, 0.2) is 48.5 Å². The number of para-hydroxylation sites is 1. The number of piperazine rings is 1. The van der Waals surface area contributed by atoms with Crippen molar-refractivity contribution in [1.29, 1.82) is 0 Å². The predicted octanol–water partition coefficient (Wildman–Crippen LogP) is 1.93. The van der Waals surface area contributed by atoms with Crippen LogP contribution in [0.4, 0.5) is 21.9 Å². The SMILES string of the molecule is CCN1CCN2c3ccc([N+](=O)[O-])cc3C[C@]3(C(=O)NC(=O)N(c4ccccc4)C3=O)[C@H]2C1. The predicted molar refractivity (Wildman–Crippen MR) is 120 cm³/mol. The van der Waals surface area contributed by atoms with Crippen LogP contribution in [0.1, 0.15) is 12.5 Å². The lowest BCUT2D eigenvalue weighted by Crippen LogP contribution is -2.75. The van der Waals surface area contributed by atoms with Crippen molar-refractivity contribution in [3.8, 4) is 0 Å². The van der Waals surface area contributed by atoms with E-state index in [4.69, 9.17) is 0 Å². The number of likely N-dealkylation sites (N-methyl/N-ethyl adjacent to an activating group) is 1. The number of carbonyl (C=O) groups is 3. The zero-order valence-electron chi connectivity index (χ0n) is 18.1. The first-order valence-corrected chi connectivity index (χ1v) is 10.9. The Morgan fingerprint density at radius 3 is 2.58 bits per heavy atom. The van der Waals surface area contributed by atoms with Gasteiger partial charge in [0.25, 0.3) is 11.6 Å². The standard InChI is InChI=1S/C23H23N5O5/c1-2-25-10-11-26-18-9-8-17(28(32)33)12-15(18)13-23(19(26)14-25)20(29)24-22(31)27(21(23)30)16-6-4-3-5-7-16/h3-9,12,19H,2,10-11,13-14H2,1H3,(H,24,29,31)/t19-,23-/m1/s1. The lowest BCUT2D eigenvalue weighted by molar-refractivity contribution is -0.384. The summed E-state index contributed by atoms with van der Waals surface area (Å²) >= 11 is 0. The van der Waals surface area contributed by atoms with E-state index in [-0.39, 0.29) is 12.1 Å². The van der Waals surface area contributed by atoms with E-state index < -0.39 is 34.2 Å². The molecule has 3 aliphatic rings. The minimum absolute atomic E-state index is 0.0238. The molecule has 0 unspecified atom stereocenters. The number of imide groups is 2. The number of urea groups is 1. The van der Waals surface area contributed by atoms with Crippen molar-refractivity contribution in [2.45, 2.75) is 19.4 Å². The molecule has 10 nitrogen and oxygen atoms in total. The third-order valence-corrected chi connectivity index (χ3v) is 6.96. The molecule has 2 fully saturated rings. The molecule has 2 atom stereocenters. The second-order valence-electron chi connectivity index (χ2n) is 8.56. The number of nitrogens with one attached hydrogen (secondary N) is 1. The van der Waals surface area contributed by atoms with Gasteiger partial charge in [-0.05, 0) is 30.3 Å². The zero-order valence-corrected chi connectivity index (χ0v) is 18.1. The minimum atomic E-state index is -1.60. The Hall–Kier alpha value is -3.79. The third kappa shape index (κ3) is 3.09. The maximum absolute atomic E-state index is 14.1. The van der Waals surface area contributed by atoms with Crippen molar-refractivity contribution in [3.05, 3.63) is 64.2 Å². The molecule has 4 amide bonds. The second kappa shape index (κ2) is 7.66. The van der Waals surface area contributed by atoms with E-state index in [0.717, 1.165) is 23.7 Å². The molecule has 170 valence electrons. The zero-order chi connectivity index (χ0) is 23.3. The van der Waals surface area contributed by atoms with Gasteiger partial charge >= 0.3 is 6.03 Å². The Kier molecular flexibility index (Phi) is 4.89. The summed E-state index contributed by atoms with van der Waals surface area (Å²) in [5, 5.41) is 13.8. The number of amides is 4. The molecule has 3 aliphatic heterocycles. The highest BCUT2D eigenvalue weighted by atomic mass is 16.6. The molecule has 0 bridgehead atoms. The summed E-state index contributed by atoms with van der Waals surface area (Å²) in [4.78, 5) is 56.4. The highest BCUT2D eigenvalue weighted by Gasteiger charge is 2.63. The van der Waals surface area contributed by atoms with E-state index in [9.17, 15) is 24.5 Å². The van der Waals surface area contributed by atoms with Gasteiger partial charge in [-0.3, -0.25) is 29.9 Å². The monoisotopic (exact) mass is 449 g/mol. The molecule has 2 aromatic rings. The van der Waals surface area contributed by atoms with Crippen LogP contribution in [-0.2, 0) is 16.0 Å². The summed E-state index contributed by atoms with van der Waals surface area (Å²) in [5.74, 6) is -1.26. The van der Waals surface area contributed by atoms with Crippen LogP contribution >= 0.6 is 0 Å². The van der Waals surface area contributed by atoms with Crippen LogP contribution in [0, 0.1) is 15.5 Å². The van der Waals surface area contributed by atoms with Crippen LogP contribution in [-0.4, -0.2) is 59.9 Å². The van der Waals surface area contributed by atoms with Gasteiger partial charge in [0, 0.05) is 43.9 Å². The molecule has 33 heavy (non-hydrogen) atoms. The van der Waals surface area contributed by atoms with Crippen molar-refractivity contribution in [3.63, 3.8) is 0 Å². The molecular weight excluding hydrogens is 426 g/mol. The molecule has 1 N–H and O–H groups in total. The van der Waals surface area contributed by atoms with E-state index in [1.54, 1.807) is 36.4 Å². The summed E-state index contributed by atoms with van der Waals surface area (Å²) in [6, 6.07) is 11.7. The van der Waals surface area contributed by atoms with Crippen LogP contribution in [0.2, 0.25) is 0 Å². The van der Waals surface area contributed by atoms with Gasteiger partial charge in [0.15, 0.2) is 5.41 Å². The molecule has 10 heteroatoms. The van der Waals surface area contributed by atoms with E-state index in [2.05, 4.69) is 10.2 Å². The number of nitrogens with zero attached hydrogens (tertiary/aromatic N) is 4. The van der Waals surface area contributed by atoms with E-state index in [1.807, 2.05) is 11.8 Å². The molecule has 0 radical (unpaired) electrons. The number of barbiturate groups is 1. The van der Waals surface area contributed by atoms with Crippen LogP contribution in [0.5, 0.6) is 0 Å². The van der Waals surface area contributed by atoms with E-state index >= 15 is 0 Å². The smallest absolute Gasteiger partial charge is 0.335 e. The Bertz CT molecular complexity index is 1170. The topological polar surface area (TPSA) is 116 Å². The van der Waals surface area contributed by atoms with Crippen LogP contribution in [0.25, 0.3) is 0 Å². The molecule has 3 heterocycles. The summed E-state index contributed by atoms with van der Waals surface area (Å²) in [6.07, 6.45) is -0.0238. The summed E-state index contributed by atoms with van der Waals surface area (Å²) in [7, 11) is 0. The molecular formula is C23H23N5O5. The molecule has 0 aromatic heterocycles. The number of rotatable bonds is 3. The summed E-state index contributed by atoms with van der Waals surface area (Å²) in [6.45, 7) is 4.53. The Labute approximate surface area is 189 Å². The fraction of sp³-hybridized carbons (Fsp3) is 0.348. The van der Waals surface area contributed by atoms with Crippen molar-refractivity contribution in [1.82, 2.24) is 10.2 Å². The summed E-state index contributed by atoms with van der Waals surface area (Å²) in [5.41, 5.74) is 0.00687. The summed E-state index contributed by atoms with van der Waals surface area (Å²) < 4.78 is 0. The lowest BCUT2D eigenvalue weighted by atomic mass is 9.67. The van der Waals surface area contributed by atoms with Gasteiger partial charge in [0.1, 0.15) is 0 Å². The molecule has 1 spiro atoms. The minimum Gasteiger partial charge on any atom is -0.364 e. The fourth-order valence-corrected chi connectivity index (χ4v) is 5.28. The Morgan fingerprint density at radius 2 is 1.88 bits per heavy atom. The average Bonchev–Trinajstić information content (AvgIpc) is 2.82. The maximum atomic E-state index is 14.1. The molecule has 2 saturated heterocycles. The van der Waals surface area contributed by atoms with Crippen LogP contribution < -0.4 is 15.1 Å². The molecule has 0 saturated carbocycles. The number of fused-ring (bicyclic) bond motifs is 4. The van der Waals surface area contributed by atoms with E-state index in [1.165, 1.54) is 12.1 Å². The quantitative estimate of drug-likeness (QED) is 0.432. The average molecular weight is 449 g/mol. The number of nitro benzene ring substituents is 1. The number of anilines is 2. The first-order valence-electron chi connectivity index (χ1n) is 10.9. The van der Waals surface area contributed by atoms with Crippen molar-refractivity contribution < 1.29 is 19.3 Å². The Balaban J connectivity index is 1.68. The third-order valence-electron chi connectivity index (χ3n) is 6.96. The molecule has 2 aromatic carbocycles. The van der Waals surface area contributed by atoms with Gasteiger partial charge < -0.3 is 4.90 Å². The number of nitro groups is 1. The number of hydrogen-bond donors (Lipinski definition) is 1. The molecule has 0 aliphatic carbocycles. The van der Waals surface area contributed by atoms with E-state index in [0.29, 0.717) is 24.3 Å². The first kappa shape index (κ1) is 21.1. The normalized spacial score (nSPS) is 25.0. The first-order chi connectivity index (χ1) is 15.9. The number of carbonyl (C=O) groups excluding carboxylic acids is 3. The van der Waals surface area contributed by atoms with Crippen LogP contribution in [0.3, 0.4) is 0 Å². The second-order valence-corrected chi connectivity index (χ2v) is 8.56. The van der Waals surface area contributed by atoms with Gasteiger partial charge in [0.2, 0.25) is 5.91 Å². The van der Waals surface area contributed by atoms with Crippen molar-refractivity contribution in [2.75, 3.05) is 36.0 Å². The number of hydrogen-bond acceptors (Lipinski definition) is 7. The van der Waals surface area contributed by atoms with Gasteiger partial charge in [-0.1, -0.05) is 25.1 Å². The number of non-ortho nitro benzene ring substituents is 1. The van der Waals surface area contributed by atoms with Gasteiger partial charge in [0.05, 0.1) is 16.7 Å². The maximum Gasteiger partial charge on any atom is 0.335 e. The van der Waals surface area contributed by atoms with Gasteiger partial charge in [-0.2, -0.15) is 0 Å². The van der Waals surface area contributed by atoms with Gasteiger partial charge in [-0.15, -0.1) is 0 Å². The number of benzene rings is 2. The fourth-order valence-electron chi connectivity index (χ4n) is 5.28. The Morgan fingerprint density at radius 1 is 1.12 bits per heavy atom. The van der Waals surface area contributed by atoms with Gasteiger partial charge in [-0.25, -0.2) is 9.69 Å². The lowest BCUT2D eigenvalue weighted by Gasteiger charge is -2.55. The highest BCUT2D eigenvalue weighted by Crippen LogP contribution is 2.47. The largest absolute Gasteiger partial charge is 0.364 e. The van der Waals surface area contributed by atoms with Crippen molar-refractivity contribution >= 4 is 34.9 Å². The van der Waals surface area contributed by atoms with Crippen molar-refractivity contribution in [2.24, 2.45) is 5.41 Å².